The van der Waals surface area contributed by atoms with Crippen LogP contribution < -0.4 is 5.73 Å². The first-order valence-corrected chi connectivity index (χ1v) is 3.42. The topological polar surface area (TPSA) is 96.0 Å². The molecule has 0 atom stereocenters. The first-order chi connectivity index (χ1) is 5.61. The second-order valence-electron chi connectivity index (χ2n) is 2.39. The standard InChI is InChI=1S/C6H9N3O3/c7-5-6(12)9(2-1-8-5)3-4(10)11/h1-3H2,(H2,7,8)(H,10,11). The van der Waals surface area contributed by atoms with Gasteiger partial charge in [-0.25, -0.2) is 0 Å². The number of nitrogens with two attached hydrogens (primary N) is 1. The van der Waals surface area contributed by atoms with Crippen molar-refractivity contribution in [1.82, 2.24) is 4.90 Å². The van der Waals surface area contributed by atoms with Gasteiger partial charge in [0.15, 0.2) is 5.84 Å². The molecule has 0 aromatic carbocycles. The van der Waals surface area contributed by atoms with Crippen molar-refractivity contribution in [2.75, 3.05) is 19.6 Å². The highest BCUT2D eigenvalue weighted by Crippen LogP contribution is 1.96. The fourth-order valence-electron chi connectivity index (χ4n) is 0.936. The molecule has 1 amide bonds. The fraction of sp³-hybridized carbons (Fsp3) is 0.500. The zero-order valence-corrected chi connectivity index (χ0v) is 6.36. The van der Waals surface area contributed by atoms with Crippen LogP contribution in [0.4, 0.5) is 0 Å². The molecule has 1 aliphatic heterocycles. The first kappa shape index (κ1) is 8.51. The van der Waals surface area contributed by atoms with Crippen LogP contribution in [0.5, 0.6) is 0 Å². The van der Waals surface area contributed by atoms with Crippen LogP contribution in [-0.2, 0) is 9.59 Å². The summed E-state index contributed by atoms with van der Waals surface area (Å²) >= 11 is 0. The predicted octanol–water partition coefficient (Wildman–Crippen LogP) is -1.73. The third-order valence-corrected chi connectivity index (χ3v) is 1.48. The summed E-state index contributed by atoms with van der Waals surface area (Å²) in [5.41, 5.74) is 5.21. The minimum Gasteiger partial charge on any atom is -0.480 e. The van der Waals surface area contributed by atoms with Gasteiger partial charge in [0.05, 0.1) is 6.54 Å². The number of aliphatic imine (C=N–C) groups is 1. The first-order valence-electron chi connectivity index (χ1n) is 3.42. The second kappa shape index (κ2) is 3.21. The molecule has 0 aliphatic carbocycles. The largest absolute Gasteiger partial charge is 0.480 e. The number of hydrogen-bond acceptors (Lipinski definition) is 4. The summed E-state index contributed by atoms with van der Waals surface area (Å²) in [6.45, 7) is 0.395. The van der Waals surface area contributed by atoms with Gasteiger partial charge in [0.1, 0.15) is 6.54 Å². The highest BCUT2D eigenvalue weighted by Gasteiger charge is 2.22. The Morgan fingerprint density at radius 2 is 2.42 bits per heavy atom. The monoisotopic (exact) mass is 171 g/mol. The molecule has 0 radical (unpaired) electrons. The van der Waals surface area contributed by atoms with Crippen LogP contribution in [0, 0.1) is 0 Å². The van der Waals surface area contributed by atoms with Crippen LogP contribution in [0.2, 0.25) is 0 Å². The molecule has 0 unspecified atom stereocenters. The molecule has 0 saturated heterocycles. The van der Waals surface area contributed by atoms with E-state index in [-0.39, 0.29) is 12.4 Å². The van der Waals surface area contributed by atoms with Gasteiger partial charge in [0, 0.05) is 6.54 Å². The van der Waals surface area contributed by atoms with Crippen LogP contribution in [0.3, 0.4) is 0 Å². The Balaban J connectivity index is 2.63. The van der Waals surface area contributed by atoms with Gasteiger partial charge in [-0.1, -0.05) is 0 Å². The zero-order chi connectivity index (χ0) is 9.14. The maximum absolute atomic E-state index is 11.1. The van der Waals surface area contributed by atoms with Gasteiger partial charge in [-0.15, -0.1) is 0 Å². The van der Waals surface area contributed by atoms with E-state index in [1.165, 1.54) is 0 Å². The molecular weight excluding hydrogens is 162 g/mol. The quantitative estimate of drug-likeness (QED) is 0.516. The van der Waals surface area contributed by atoms with Crippen LogP contribution >= 0.6 is 0 Å². The predicted molar refractivity (Wildman–Crippen MR) is 40.7 cm³/mol. The molecule has 1 aliphatic rings. The Labute approximate surface area is 68.7 Å². The molecule has 6 heteroatoms. The molecule has 0 bridgehead atoms. The molecule has 3 N–H and O–H groups in total. The molecule has 1 heterocycles. The van der Waals surface area contributed by atoms with Gasteiger partial charge in [0.2, 0.25) is 0 Å². The molecule has 0 spiro atoms. The maximum atomic E-state index is 11.1. The van der Waals surface area contributed by atoms with E-state index in [1.807, 2.05) is 0 Å². The Morgan fingerprint density at radius 1 is 1.75 bits per heavy atom. The van der Waals surface area contributed by atoms with E-state index in [9.17, 15) is 9.59 Å². The number of rotatable bonds is 2. The Bertz CT molecular complexity index is 248. The van der Waals surface area contributed by atoms with Gasteiger partial charge < -0.3 is 15.7 Å². The Kier molecular flexibility index (Phi) is 2.27. The highest BCUT2D eigenvalue weighted by atomic mass is 16.4. The van der Waals surface area contributed by atoms with Gasteiger partial charge in [-0.2, -0.15) is 0 Å². The highest BCUT2D eigenvalue weighted by molar-refractivity contribution is 6.37. The summed E-state index contributed by atoms with van der Waals surface area (Å²) in [5.74, 6) is -1.65. The van der Waals surface area contributed by atoms with Crippen molar-refractivity contribution in [3.8, 4) is 0 Å². The lowest BCUT2D eigenvalue weighted by Crippen LogP contribution is -2.47. The average molecular weight is 171 g/mol. The third kappa shape index (κ3) is 1.71. The average Bonchev–Trinajstić information content (AvgIpc) is 1.98. The molecule has 1 rings (SSSR count). The van der Waals surface area contributed by atoms with Crippen molar-refractivity contribution >= 4 is 17.7 Å². The number of aliphatic carboxylic acids is 1. The van der Waals surface area contributed by atoms with Gasteiger partial charge >= 0.3 is 5.97 Å². The van der Waals surface area contributed by atoms with E-state index in [0.717, 1.165) is 4.90 Å². The van der Waals surface area contributed by atoms with E-state index in [1.54, 1.807) is 0 Å². The Morgan fingerprint density at radius 3 is 3.00 bits per heavy atom. The third-order valence-electron chi connectivity index (χ3n) is 1.48. The van der Waals surface area contributed by atoms with Gasteiger partial charge in [0.25, 0.3) is 5.91 Å². The van der Waals surface area contributed by atoms with Gasteiger partial charge in [-0.05, 0) is 0 Å². The summed E-state index contributed by atoms with van der Waals surface area (Å²) in [6.07, 6.45) is 0. The second-order valence-corrected chi connectivity index (χ2v) is 2.39. The summed E-state index contributed by atoms with van der Waals surface area (Å²) in [5, 5.41) is 8.40. The SMILES string of the molecule is NC1=NCCN(CC(=O)O)C1=O. The van der Waals surface area contributed by atoms with E-state index in [2.05, 4.69) is 4.99 Å². The van der Waals surface area contributed by atoms with Crippen LogP contribution in [0.15, 0.2) is 4.99 Å². The van der Waals surface area contributed by atoms with Crippen molar-refractivity contribution in [1.29, 1.82) is 0 Å². The van der Waals surface area contributed by atoms with Crippen LogP contribution in [0.1, 0.15) is 0 Å². The van der Waals surface area contributed by atoms with Crippen LogP contribution in [0.25, 0.3) is 0 Å². The van der Waals surface area contributed by atoms with E-state index >= 15 is 0 Å². The molecule has 0 saturated carbocycles. The number of carboxylic acid groups (broad SMARTS) is 1. The molecule has 12 heavy (non-hydrogen) atoms. The lowest BCUT2D eigenvalue weighted by molar-refractivity contribution is -0.142. The summed E-state index contributed by atoms with van der Waals surface area (Å²) in [7, 11) is 0. The number of carbonyl (C=O) groups is 2. The van der Waals surface area contributed by atoms with E-state index in [0.29, 0.717) is 13.1 Å². The number of carbonyl (C=O) groups excluding carboxylic acids is 1. The van der Waals surface area contributed by atoms with Gasteiger partial charge in [-0.3, -0.25) is 14.6 Å². The Hall–Kier alpha value is -1.59. The molecule has 0 aromatic rings. The number of carboxylic acids is 1. The van der Waals surface area contributed by atoms with Crippen molar-refractivity contribution in [3.63, 3.8) is 0 Å². The maximum Gasteiger partial charge on any atom is 0.323 e. The van der Waals surface area contributed by atoms with E-state index < -0.39 is 11.9 Å². The molecule has 6 nitrogen and oxygen atoms in total. The van der Waals surface area contributed by atoms with E-state index in [4.69, 9.17) is 10.8 Å². The van der Waals surface area contributed by atoms with Crippen molar-refractivity contribution in [3.05, 3.63) is 0 Å². The smallest absolute Gasteiger partial charge is 0.323 e. The molecule has 66 valence electrons. The number of nitrogens with zero attached hydrogens (tertiary/aromatic N) is 2. The summed E-state index contributed by atoms with van der Waals surface area (Å²) < 4.78 is 0. The van der Waals surface area contributed by atoms with Crippen molar-refractivity contribution in [2.24, 2.45) is 10.7 Å². The lowest BCUT2D eigenvalue weighted by Gasteiger charge is -2.22. The minimum atomic E-state index is -1.04. The lowest BCUT2D eigenvalue weighted by atomic mass is 10.3. The summed E-state index contributed by atoms with van der Waals surface area (Å²) in [4.78, 5) is 26.1. The normalized spacial score (nSPS) is 17.5. The number of amides is 1. The number of hydrogen-bond donors (Lipinski definition) is 2. The van der Waals surface area contributed by atoms with Crippen LogP contribution in [-0.4, -0.2) is 47.4 Å². The molecule has 0 aromatic heterocycles. The summed E-state index contributed by atoms with van der Waals surface area (Å²) in [6, 6.07) is 0. The van der Waals surface area contributed by atoms with Crippen molar-refractivity contribution < 1.29 is 14.7 Å². The zero-order valence-electron chi connectivity index (χ0n) is 6.36. The fourth-order valence-corrected chi connectivity index (χ4v) is 0.936. The number of amidine groups is 1. The molecular formula is C6H9N3O3. The minimum absolute atomic E-state index is 0.109. The van der Waals surface area contributed by atoms with Crippen molar-refractivity contribution in [2.45, 2.75) is 0 Å². The molecule has 0 fully saturated rings.